The Morgan fingerprint density at radius 3 is 2.70 bits per heavy atom. The summed E-state index contributed by atoms with van der Waals surface area (Å²) in [6.07, 6.45) is 10.8. The highest BCUT2D eigenvalue weighted by atomic mass is 16.5. The molecule has 3 heteroatoms. The summed E-state index contributed by atoms with van der Waals surface area (Å²) < 4.78 is 5.46. The number of carbonyl (C=O) groups excluding carboxylic acids is 2. The maximum absolute atomic E-state index is 11.8. The summed E-state index contributed by atoms with van der Waals surface area (Å²) in [6, 6.07) is 0. The molecule has 0 unspecified atom stereocenters. The normalized spacial score (nSPS) is 48.8. The van der Waals surface area contributed by atoms with Gasteiger partial charge in [0.2, 0.25) is 0 Å². The van der Waals surface area contributed by atoms with Crippen molar-refractivity contribution in [3.63, 3.8) is 0 Å². The number of allylic oxidation sites excluding steroid dienone is 1. The first-order chi connectivity index (χ1) is 11.0. The molecule has 0 bridgehead atoms. The van der Waals surface area contributed by atoms with Crippen LogP contribution < -0.4 is 0 Å². The fourth-order valence-corrected chi connectivity index (χ4v) is 6.80. The zero-order valence-electron chi connectivity index (χ0n) is 14.3. The van der Waals surface area contributed by atoms with E-state index in [-0.39, 0.29) is 16.9 Å². The molecule has 0 aromatic carbocycles. The van der Waals surface area contributed by atoms with Crippen LogP contribution in [0, 0.1) is 28.6 Å². The lowest BCUT2D eigenvalue weighted by molar-refractivity contribution is -0.144. The van der Waals surface area contributed by atoms with E-state index in [1.54, 1.807) is 0 Å². The summed E-state index contributed by atoms with van der Waals surface area (Å²) in [5.74, 6) is 2.46. The van der Waals surface area contributed by atoms with Crippen molar-refractivity contribution >= 4 is 12.3 Å². The summed E-state index contributed by atoms with van der Waals surface area (Å²) in [5.41, 5.74) is 1.84. The number of hydrogen-bond acceptors (Lipinski definition) is 3. The van der Waals surface area contributed by atoms with Crippen LogP contribution in [0.2, 0.25) is 0 Å². The van der Waals surface area contributed by atoms with E-state index in [2.05, 4.69) is 13.8 Å². The van der Waals surface area contributed by atoms with Crippen molar-refractivity contribution < 1.29 is 14.3 Å². The first-order valence-electron chi connectivity index (χ1n) is 9.32. The van der Waals surface area contributed by atoms with Crippen LogP contribution in [0.3, 0.4) is 0 Å². The van der Waals surface area contributed by atoms with Crippen molar-refractivity contribution in [3.8, 4) is 0 Å². The largest absolute Gasteiger partial charge is 0.464 e. The summed E-state index contributed by atoms with van der Waals surface area (Å²) in [6.45, 7) is 5.42. The maximum atomic E-state index is 11.8. The Morgan fingerprint density at radius 2 is 1.91 bits per heavy atom. The zero-order valence-corrected chi connectivity index (χ0v) is 14.3. The lowest BCUT2D eigenvalue weighted by Gasteiger charge is -2.57. The highest BCUT2D eigenvalue weighted by Gasteiger charge is 2.59. The monoisotopic (exact) mass is 316 g/mol. The van der Waals surface area contributed by atoms with Gasteiger partial charge in [0.15, 0.2) is 5.78 Å². The van der Waals surface area contributed by atoms with E-state index in [0.29, 0.717) is 24.1 Å². The predicted octanol–water partition coefficient (Wildman–Crippen LogP) is 4.06. The molecule has 3 fully saturated rings. The molecule has 0 aromatic heterocycles. The van der Waals surface area contributed by atoms with Gasteiger partial charge in [0.1, 0.15) is 6.10 Å². The lowest BCUT2D eigenvalue weighted by Crippen LogP contribution is -2.51. The van der Waals surface area contributed by atoms with Crippen LogP contribution in [0.15, 0.2) is 11.6 Å². The van der Waals surface area contributed by atoms with Gasteiger partial charge in [0, 0.05) is 11.8 Å². The molecule has 0 radical (unpaired) electrons. The van der Waals surface area contributed by atoms with Crippen LogP contribution in [0.25, 0.3) is 0 Å². The fourth-order valence-electron chi connectivity index (χ4n) is 6.80. The fraction of sp³-hybridized carbons (Fsp3) is 0.800. The molecule has 4 aliphatic rings. The second-order valence-corrected chi connectivity index (χ2v) is 8.81. The standard InChI is InChI=1S/C20H28O3/c1-19-9-7-14(22)11-13(19)3-4-15-16-5-6-18(23-12-21)20(16,2)10-8-17(15)19/h11-12,15-18H,3-10H2,1-2H3/t15-,16-,17-,18-,19-,20-/m0/s1. The number of ether oxygens (including phenoxy) is 1. The molecular weight excluding hydrogens is 288 g/mol. The second-order valence-electron chi connectivity index (χ2n) is 8.81. The van der Waals surface area contributed by atoms with Gasteiger partial charge in [0.25, 0.3) is 6.47 Å². The van der Waals surface area contributed by atoms with Gasteiger partial charge in [-0.15, -0.1) is 0 Å². The molecule has 3 nitrogen and oxygen atoms in total. The molecule has 0 heterocycles. The Hall–Kier alpha value is -1.12. The van der Waals surface area contributed by atoms with E-state index in [9.17, 15) is 9.59 Å². The lowest BCUT2D eigenvalue weighted by atomic mass is 9.47. The zero-order chi connectivity index (χ0) is 16.2. The first-order valence-corrected chi connectivity index (χ1v) is 9.32. The van der Waals surface area contributed by atoms with Crippen LogP contribution in [0.1, 0.15) is 65.2 Å². The van der Waals surface area contributed by atoms with E-state index < -0.39 is 0 Å². The summed E-state index contributed by atoms with van der Waals surface area (Å²) in [7, 11) is 0. The molecule has 3 saturated carbocycles. The smallest absolute Gasteiger partial charge is 0.293 e. The summed E-state index contributed by atoms with van der Waals surface area (Å²) >= 11 is 0. The molecule has 0 N–H and O–H groups in total. The number of carbonyl (C=O) groups is 2. The molecule has 0 aliphatic heterocycles. The van der Waals surface area contributed by atoms with Crippen LogP contribution >= 0.6 is 0 Å². The van der Waals surface area contributed by atoms with E-state index in [1.165, 1.54) is 24.8 Å². The molecule has 0 spiro atoms. The highest BCUT2D eigenvalue weighted by molar-refractivity contribution is 5.91. The maximum Gasteiger partial charge on any atom is 0.293 e. The van der Waals surface area contributed by atoms with E-state index in [0.717, 1.165) is 38.0 Å². The van der Waals surface area contributed by atoms with E-state index >= 15 is 0 Å². The topological polar surface area (TPSA) is 43.4 Å². The third-order valence-electron chi connectivity index (χ3n) is 8.09. The Labute approximate surface area is 138 Å². The molecule has 0 saturated heterocycles. The second kappa shape index (κ2) is 5.19. The predicted molar refractivity (Wildman–Crippen MR) is 87.6 cm³/mol. The van der Waals surface area contributed by atoms with Crippen molar-refractivity contribution in [2.24, 2.45) is 28.6 Å². The van der Waals surface area contributed by atoms with Gasteiger partial charge in [-0.2, -0.15) is 0 Å². The van der Waals surface area contributed by atoms with Crippen molar-refractivity contribution in [2.45, 2.75) is 71.3 Å². The van der Waals surface area contributed by atoms with Gasteiger partial charge in [-0.05, 0) is 74.2 Å². The first kappa shape index (κ1) is 15.4. The van der Waals surface area contributed by atoms with E-state index in [4.69, 9.17) is 4.74 Å². The third kappa shape index (κ3) is 2.08. The van der Waals surface area contributed by atoms with Crippen molar-refractivity contribution in [3.05, 3.63) is 11.6 Å². The molecule has 126 valence electrons. The van der Waals surface area contributed by atoms with Gasteiger partial charge >= 0.3 is 0 Å². The third-order valence-corrected chi connectivity index (χ3v) is 8.09. The van der Waals surface area contributed by atoms with Gasteiger partial charge < -0.3 is 4.74 Å². The van der Waals surface area contributed by atoms with Crippen LogP contribution in [0.5, 0.6) is 0 Å². The van der Waals surface area contributed by atoms with Gasteiger partial charge in [-0.1, -0.05) is 19.4 Å². The van der Waals surface area contributed by atoms with Crippen molar-refractivity contribution in [2.75, 3.05) is 0 Å². The quantitative estimate of drug-likeness (QED) is 0.722. The Bertz CT molecular complexity index is 565. The van der Waals surface area contributed by atoms with Crippen LogP contribution in [-0.4, -0.2) is 18.4 Å². The average Bonchev–Trinajstić information content (AvgIpc) is 2.85. The van der Waals surface area contributed by atoms with Crippen LogP contribution in [0.4, 0.5) is 0 Å². The molecule has 23 heavy (non-hydrogen) atoms. The van der Waals surface area contributed by atoms with Crippen LogP contribution in [-0.2, 0) is 14.3 Å². The highest BCUT2D eigenvalue weighted by Crippen LogP contribution is 2.65. The minimum Gasteiger partial charge on any atom is -0.464 e. The summed E-state index contributed by atoms with van der Waals surface area (Å²) in [5, 5.41) is 0. The van der Waals surface area contributed by atoms with E-state index in [1.807, 2.05) is 6.08 Å². The average molecular weight is 316 g/mol. The molecule has 0 amide bonds. The number of hydrogen-bond donors (Lipinski definition) is 0. The van der Waals surface area contributed by atoms with Gasteiger partial charge in [0.05, 0.1) is 0 Å². The molecule has 6 atom stereocenters. The molecular formula is C20H28O3. The molecule has 4 rings (SSSR count). The Kier molecular flexibility index (Phi) is 3.48. The Morgan fingerprint density at radius 1 is 1.09 bits per heavy atom. The molecule has 4 aliphatic carbocycles. The SMILES string of the molecule is C[C@]12CC[C@H]3[C@@H](CCC4=CC(=O)CC[C@@]43C)[C@@H]1CC[C@@H]2OC=O. The molecule has 0 aromatic rings. The Balaban J connectivity index is 1.64. The number of ketones is 1. The van der Waals surface area contributed by atoms with Crippen molar-refractivity contribution in [1.82, 2.24) is 0 Å². The van der Waals surface area contributed by atoms with Crippen molar-refractivity contribution in [1.29, 1.82) is 0 Å². The van der Waals surface area contributed by atoms with Gasteiger partial charge in [-0.25, -0.2) is 0 Å². The minimum absolute atomic E-state index is 0.114. The minimum atomic E-state index is 0.114. The van der Waals surface area contributed by atoms with Gasteiger partial charge in [-0.3, -0.25) is 9.59 Å². The summed E-state index contributed by atoms with van der Waals surface area (Å²) in [4.78, 5) is 22.7. The number of rotatable bonds is 2. The number of fused-ring (bicyclic) bond motifs is 5.